The van der Waals surface area contributed by atoms with E-state index in [1.807, 2.05) is 6.92 Å². The normalized spacial score (nSPS) is 20.7. The van der Waals surface area contributed by atoms with Crippen molar-refractivity contribution in [1.82, 2.24) is 0 Å². The van der Waals surface area contributed by atoms with E-state index in [4.69, 9.17) is 14.0 Å². The van der Waals surface area contributed by atoms with E-state index in [0.29, 0.717) is 0 Å². The van der Waals surface area contributed by atoms with Crippen LogP contribution in [0.3, 0.4) is 0 Å². The Morgan fingerprint density at radius 1 is 1.00 bits per heavy atom. The summed E-state index contributed by atoms with van der Waals surface area (Å²) in [4.78, 5) is 0. The smallest absolute Gasteiger partial charge is 0.497 e. The third-order valence-electron chi connectivity index (χ3n) is 4.16. The van der Waals surface area contributed by atoms with E-state index in [9.17, 15) is 0 Å². The molecule has 1 aliphatic rings. The van der Waals surface area contributed by atoms with Crippen LogP contribution >= 0.6 is 0 Å². The molecule has 0 spiro atoms. The standard InChI is InChI=1S/C15H23BO3/c1-10-8-11(2)13(17-7)12(9-10)16-18-14(3,4)15(5,6)19-16/h8-9H,1-7H3. The van der Waals surface area contributed by atoms with Crippen LogP contribution in [0.15, 0.2) is 12.1 Å². The zero-order valence-corrected chi connectivity index (χ0v) is 13.0. The highest BCUT2D eigenvalue weighted by Crippen LogP contribution is 2.37. The first-order chi connectivity index (χ1) is 8.68. The Hall–Kier alpha value is -0.995. The van der Waals surface area contributed by atoms with Crippen LogP contribution in [-0.2, 0) is 9.31 Å². The SMILES string of the molecule is COc1c(C)cc(C)cc1B1OC(C)(C)C(C)(C)O1. The number of hydrogen-bond donors (Lipinski definition) is 0. The fraction of sp³-hybridized carbons (Fsp3) is 0.600. The lowest BCUT2D eigenvalue weighted by molar-refractivity contribution is 0.00578. The molecule has 0 amide bonds. The van der Waals surface area contributed by atoms with Crippen LogP contribution < -0.4 is 10.2 Å². The quantitative estimate of drug-likeness (QED) is 0.767. The minimum atomic E-state index is -0.376. The Kier molecular flexibility index (Phi) is 3.44. The van der Waals surface area contributed by atoms with Crippen LogP contribution in [0, 0.1) is 13.8 Å². The van der Waals surface area contributed by atoms with Crippen molar-refractivity contribution in [3.63, 3.8) is 0 Å². The third-order valence-corrected chi connectivity index (χ3v) is 4.16. The van der Waals surface area contributed by atoms with Crippen molar-refractivity contribution in [3.05, 3.63) is 23.3 Å². The molecular formula is C15H23BO3. The van der Waals surface area contributed by atoms with E-state index in [2.05, 4.69) is 46.8 Å². The first-order valence-corrected chi connectivity index (χ1v) is 6.69. The lowest BCUT2D eigenvalue weighted by Crippen LogP contribution is -2.41. The van der Waals surface area contributed by atoms with Crippen molar-refractivity contribution in [2.75, 3.05) is 7.11 Å². The first kappa shape index (κ1) is 14.4. The molecule has 0 unspecified atom stereocenters. The average Bonchev–Trinajstić information content (AvgIpc) is 2.47. The summed E-state index contributed by atoms with van der Waals surface area (Å²) >= 11 is 0. The van der Waals surface area contributed by atoms with Gasteiger partial charge in [0.1, 0.15) is 5.75 Å². The van der Waals surface area contributed by atoms with Gasteiger partial charge < -0.3 is 14.0 Å². The van der Waals surface area contributed by atoms with Crippen LogP contribution in [0.1, 0.15) is 38.8 Å². The number of aryl methyl sites for hydroxylation is 2. The maximum absolute atomic E-state index is 6.10. The lowest BCUT2D eigenvalue weighted by atomic mass is 9.76. The van der Waals surface area contributed by atoms with E-state index in [-0.39, 0.29) is 18.3 Å². The number of methoxy groups -OCH3 is 1. The zero-order valence-electron chi connectivity index (χ0n) is 13.0. The van der Waals surface area contributed by atoms with Gasteiger partial charge in [0.15, 0.2) is 0 Å². The molecule has 1 aromatic carbocycles. The Morgan fingerprint density at radius 3 is 2.00 bits per heavy atom. The molecule has 1 heterocycles. The van der Waals surface area contributed by atoms with Crippen LogP contribution in [0.4, 0.5) is 0 Å². The fourth-order valence-electron chi connectivity index (χ4n) is 2.41. The molecule has 1 fully saturated rings. The van der Waals surface area contributed by atoms with Crippen molar-refractivity contribution in [2.24, 2.45) is 0 Å². The van der Waals surface area contributed by atoms with Crippen LogP contribution in [0.2, 0.25) is 0 Å². The Bertz CT molecular complexity index is 478. The Labute approximate surface area is 116 Å². The monoisotopic (exact) mass is 262 g/mol. The highest BCUT2D eigenvalue weighted by atomic mass is 16.7. The molecule has 0 bridgehead atoms. The first-order valence-electron chi connectivity index (χ1n) is 6.69. The van der Waals surface area contributed by atoms with E-state index in [0.717, 1.165) is 16.8 Å². The predicted octanol–water partition coefficient (Wildman–Crippen LogP) is 2.61. The van der Waals surface area contributed by atoms with Gasteiger partial charge in [-0.1, -0.05) is 17.7 Å². The van der Waals surface area contributed by atoms with Gasteiger partial charge in [0.2, 0.25) is 0 Å². The molecule has 3 nitrogen and oxygen atoms in total. The second-order valence-corrected chi connectivity index (χ2v) is 6.29. The number of rotatable bonds is 2. The van der Waals surface area contributed by atoms with Crippen LogP contribution in [-0.4, -0.2) is 25.4 Å². The summed E-state index contributed by atoms with van der Waals surface area (Å²) < 4.78 is 17.7. The van der Waals surface area contributed by atoms with E-state index < -0.39 is 0 Å². The molecule has 4 heteroatoms. The summed E-state index contributed by atoms with van der Waals surface area (Å²) in [6, 6.07) is 4.18. The van der Waals surface area contributed by atoms with Gasteiger partial charge in [-0.25, -0.2) is 0 Å². The molecule has 1 aliphatic heterocycles. The van der Waals surface area contributed by atoms with Crippen molar-refractivity contribution in [3.8, 4) is 5.75 Å². The number of hydrogen-bond acceptors (Lipinski definition) is 3. The van der Waals surface area contributed by atoms with Crippen LogP contribution in [0.5, 0.6) is 5.75 Å². The molecule has 104 valence electrons. The van der Waals surface area contributed by atoms with Gasteiger partial charge in [0.25, 0.3) is 0 Å². The second kappa shape index (κ2) is 4.53. The topological polar surface area (TPSA) is 27.7 Å². The summed E-state index contributed by atoms with van der Waals surface area (Å²) in [5, 5.41) is 0. The molecular weight excluding hydrogens is 239 g/mol. The average molecular weight is 262 g/mol. The molecule has 0 atom stereocenters. The summed E-state index contributed by atoms with van der Waals surface area (Å²) in [7, 11) is 1.31. The highest BCUT2D eigenvalue weighted by molar-refractivity contribution is 6.63. The molecule has 0 N–H and O–H groups in total. The summed E-state index contributed by atoms with van der Waals surface area (Å²) in [5.74, 6) is 0.851. The summed E-state index contributed by atoms with van der Waals surface area (Å²) in [6.45, 7) is 12.3. The fourth-order valence-corrected chi connectivity index (χ4v) is 2.41. The maximum Gasteiger partial charge on any atom is 0.498 e. The van der Waals surface area contributed by atoms with Gasteiger partial charge in [-0.3, -0.25) is 0 Å². The molecule has 1 saturated heterocycles. The molecule has 0 aliphatic carbocycles. The minimum absolute atomic E-state index is 0.333. The molecule has 2 rings (SSSR count). The van der Waals surface area contributed by atoms with Gasteiger partial charge in [-0.15, -0.1) is 0 Å². The van der Waals surface area contributed by atoms with Crippen LogP contribution in [0.25, 0.3) is 0 Å². The molecule has 0 saturated carbocycles. The molecule has 19 heavy (non-hydrogen) atoms. The zero-order chi connectivity index (χ0) is 14.4. The van der Waals surface area contributed by atoms with Gasteiger partial charge >= 0.3 is 7.12 Å². The number of benzene rings is 1. The third kappa shape index (κ3) is 2.39. The Balaban J connectivity index is 2.45. The van der Waals surface area contributed by atoms with Gasteiger partial charge in [0.05, 0.1) is 18.3 Å². The van der Waals surface area contributed by atoms with Crippen molar-refractivity contribution < 1.29 is 14.0 Å². The largest absolute Gasteiger partial charge is 0.498 e. The predicted molar refractivity (Wildman–Crippen MR) is 78.2 cm³/mol. The molecule has 1 aromatic rings. The van der Waals surface area contributed by atoms with Crippen molar-refractivity contribution in [1.29, 1.82) is 0 Å². The van der Waals surface area contributed by atoms with Crippen molar-refractivity contribution >= 4 is 12.6 Å². The van der Waals surface area contributed by atoms with Gasteiger partial charge in [-0.2, -0.15) is 0 Å². The lowest BCUT2D eigenvalue weighted by Gasteiger charge is -2.32. The Morgan fingerprint density at radius 2 is 1.53 bits per heavy atom. The minimum Gasteiger partial charge on any atom is -0.497 e. The van der Waals surface area contributed by atoms with Gasteiger partial charge in [-0.05, 0) is 47.1 Å². The second-order valence-electron chi connectivity index (χ2n) is 6.29. The number of ether oxygens (including phenoxy) is 1. The molecule has 0 radical (unpaired) electrons. The van der Waals surface area contributed by atoms with E-state index in [1.54, 1.807) is 7.11 Å². The maximum atomic E-state index is 6.10. The molecule has 0 aromatic heterocycles. The van der Waals surface area contributed by atoms with E-state index >= 15 is 0 Å². The highest BCUT2D eigenvalue weighted by Gasteiger charge is 2.52. The summed E-state index contributed by atoms with van der Waals surface area (Å²) in [5.41, 5.74) is 2.59. The van der Waals surface area contributed by atoms with Gasteiger partial charge in [0, 0.05) is 5.46 Å². The summed E-state index contributed by atoms with van der Waals surface area (Å²) in [6.07, 6.45) is 0. The van der Waals surface area contributed by atoms with E-state index in [1.165, 1.54) is 5.56 Å². The van der Waals surface area contributed by atoms with Crippen molar-refractivity contribution in [2.45, 2.75) is 52.7 Å².